The molecule has 0 aliphatic heterocycles. The van der Waals surface area contributed by atoms with Gasteiger partial charge in [0.05, 0.1) is 25.1 Å². The molecule has 138 valence electrons. The molecule has 6 heteroatoms. The molecule has 0 N–H and O–H groups in total. The molecule has 0 aliphatic carbocycles. The Labute approximate surface area is 148 Å². The Morgan fingerprint density at radius 3 is 2.12 bits per heavy atom. The SMILES string of the molecule is CCCCCn1c(=O)n(C(C)(C)C)c(=O)c2cc(OC)c(OC)cc21. The van der Waals surface area contributed by atoms with Gasteiger partial charge in [0, 0.05) is 18.2 Å². The Bertz CT molecular complexity index is 872. The lowest BCUT2D eigenvalue weighted by Gasteiger charge is -2.24. The summed E-state index contributed by atoms with van der Waals surface area (Å²) in [6.07, 6.45) is 2.96. The predicted octanol–water partition coefficient (Wildman–Crippen LogP) is 3.13. The molecule has 6 nitrogen and oxygen atoms in total. The maximum atomic E-state index is 13.1. The maximum absolute atomic E-state index is 13.1. The molecule has 2 rings (SSSR count). The van der Waals surface area contributed by atoms with Crippen LogP contribution < -0.4 is 20.7 Å². The topological polar surface area (TPSA) is 62.5 Å². The lowest BCUT2D eigenvalue weighted by molar-refractivity contribution is 0.351. The van der Waals surface area contributed by atoms with Gasteiger partial charge in [-0.2, -0.15) is 0 Å². The van der Waals surface area contributed by atoms with Crippen LogP contribution in [0.5, 0.6) is 11.5 Å². The van der Waals surface area contributed by atoms with Gasteiger partial charge in [-0.1, -0.05) is 19.8 Å². The predicted molar refractivity (Wildman–Crippen MR) is 100 cm³/mol. The minimum atomic E-state index is -0.609. The summed E-state index contributed by atoms with van der Waals surface area (Å²) in [7, 11) is 3.07. The third-order valence-electron chi connectivity index (χ3n) is 4.30. The van der Waals surface area contributed by atoms with Gasteiger partial charge >= 0.3 is 5.69 Å². The number of rotatable bonds is 6. The van der Waals surface area contributed by atoms with E-state index in [1.165, 1.54) is 11.7 Å². The van der Waals surface area contributed by atoms with Gasteiger partial charge in [0.25, 0.3) is 5.56 Å². The van der Waals surface area contributed by atoms with Crippen LogP contribution in [0, 0.1) is 0 Å². The zero-order valence-corrected chi connectivity index (χ0v) is 16.0. The van der Waals surface area contributed by atoms with Crippen LogP contribution in [0.1, 0.15) is 47.0 Å². The van der Waals surface area contributed by atoms with Gasteiger partial charge in [-0.25, -0.2) is 4.79 Å². The summed E-state index contributed by atoms with van der Waals surface area (Å²) in [4.78, 5) is 26.1. The zero-order chi connectivity index (χ0) is 18.8. The normalized spacial score (nSPS) is 11.8. The van der Waals surface area contributed by atoms with E-state index in [0.717, 1.165) is 19.3 Å². The summed E-state index contributed by atoms with van der Waals surface area (Å²) in [5.41, 5.74) is -0.611. The summed E-state index contributed by atoms with van der Waals surface area (Å²) < 4.78 is 13.7. The van der Waals surface area contributed by atoms with Crippen molar-refractivity contribution in [3.63, 3.8) is 0 Å². The summed E-state index contributed by atoms with van der Waals surface area (Å²) >= 11 is 0. The summed E-state index contributed by atoms with van der Waals surface area (Å²) in [5, 5.41) is 0.462. The fourth-order valence-corrected chi connectivity index (χ4v) is 3.02. The van der Waals surface area contributed by atoms with Crippen molar-refractivity contribution in [1.82, 2.24) is 9.13 Å². The second-order valence-electron chi connectivity index (χ2n) is 7.18. The summed E-state index contributed by atoms with van der Waals surface area (Å²) in [5.74, 6) is 0.984. The molecule has 0 bridgehead atoms. The Balaban J connectivity index is 2.89. The molecular weight excluding hydrogens is 320 g/mol. The van der Waals surface area contributed by atoms with Crippen molar-refractivity contribution in [3.8, 4) is 11.5 Å². The van der Waals surface area contributed by atoms with Crippen molar-refractivity contribution in [2.24, 2.45) is 0 Å². The number of aryl methyl sites for hydroxylation is 1. The molecule has 0 fully saturated rings. The van der Waals surface area contributed by atoms with Crippen LogP contribution >= 0.6 is 0 Å². The number of hydrogen-bond donors (Lipinski definition) is 0. The number of aromatic nitrogens is 2. The van der Waals surface area contributed by atoms with Crippen LogP contribution in [0.25, 0.3) is 10.9 Å². The minimum Gasteiger partial charge on any atom is -0.493 e. The fraction of sp³-hybridized carbons (Fsp3) is 0.579. The van der Waals surface area contributed by atoms with E-state index in [4.69, 9.17) is 9.47 Å². The van der Waals surface area contributed by atoms with Gasteiger partial charge in [-0.15, -0.1) is 0 Å². The molecule has 25 heavy (non-hydrogen) atoms. The van der Waals surface area contributed by atoms with Gasteiger partial charge in [0.2, 0.25) is 0 Å². The second-order valence-corrected chi connectivity index (χ2v) is 7.18. The number of fused-ring (bicyclic) bond motifs is 1. The molecule has 1 aromatic carbocycles. The molecule has 0 amide bonds. The van der Waals surface area contributed by atoms with Crippen LogP contribution in [0.2, 0.25) is 0 Å². The number of methoxy groups -OCH3 is 2. The molecule has 0 saturated heterocycles. The van der Waals surface area contributed by atoms with E-state index in [1.54, 1.807) is 23.8 Å². The van der Waals surface area contributed by atoms with Crippen LogP contribution in [0.3, 0.4) is 0 Å². The van der Waals surface area contributed by atoms with Crippen LogP contribution in [0.15, 0.2) is 21.7 Å². The van der Waals surface area contributed by atoms with Crippen molar-refractivity contribution >= 4 is 10.9 Å². The van der Waals surface area contributed by atoms with E-state index in [0.29, 0.717) is 28.9 Å². The van der Waals surface area contributed by atoms with Crippen molar-refractivity contribution in [2.45, 2.75) is 59.0 Å². The highest BCUT2D eigenvalue weighted by atomic mass is 16.5. The standard InChI is InChI=1S/C19H28N2O4/c1-7-8-9-10-20-14-12-16(25-6)15(24-5)11-13(14)17(22)21(18(20)23)19(2,3)4/h11-12H,7-10H2,1-6H3. The smallest absolute Gasteiger partial charge is 0.331 e. The average Bonchev–Trinajstić information content (AvgIpc) is 2.55. The maximum Gasteiger partial charge on any atom is 0.331 e. The third-order valence-corrected chi connectivity index (χ3v) is 4.30. The van der Waals surface area contributed by atoms with Gasteiger partial charge in [0.1, 0.15) is 0 Å². The molecule has 0 aliphatic rings. The molecule has 0 saturated carbocycles. The van der Waals surface area contributed by atoms with Crippen molar-refractivity contribution < 1.29 is 9.47 Å². The highest BCUT2D eigenvalue weighted by Crippen LogP contribution is 2.30. The van der Waals surface area contributed by atoms with E-state index in [2.05, 4.69) is 6.92 Å². The Morgan fingerprint density at radius 1 is 1.00 bits per heavy atom. The largest absolute Gasteiger partial charge is 0.493 e. The number of ether oxygens (including phenoxy) is 2. The first-order valence-electron chi connectivity index (χ1n) is 8.68. The molecule has 2 aromatic rings. The first-order chi connectivity index (χ1) is 11.8. The van der Waals surface area contributed by atoms with Gasteiger partial charge < -0.3 is 9.47 Å². The lowest BCUT2D eigenvalue weighted by atomic mass is 10.1. The summed E-state index contributed by atoms with van der Waals surface area (Å²) in [6, 6.07) is 3.38. The first-order valence-corrected chi connectivity index (χ1v) is 8.68. The van der Waals surface area contributed by atoms with E-state index >= 15 is 0 Å². The van der Waals surface area contributed by atoms with Crippen molar-refractivity contribution in [3.05, 3.63) is 33.0 Å². The van der Waals surface area contributed by atoms with Crippen molar-refractivity contribution in [2.75, 3.05) is 14.2 Å². The Kier molecular flexibility index (Phi) is 5.60. The molecule has 1 heterocycles. The second kappa shape index (κ2) is 7.33. The molecule has 0 unspecified atom stereocenters. The minimum absolute atomic E-state index is 0.284. The quantitative estimate of drug-likeness (QED) is 0.753. The monoisotopic (exact) mass is 348 g/mol. The molecular formula is C19H28N2O4. The highest BCUT2D eigenvalue weighted by molar-refractivity contribution is 5.82. The number of benzene rings is 1. The van der Waals surface area contributed by atoms with Gasteiger partial charge in [-0.05, 0) is 33.3 Å². The molecule has 0 radical (unpaired) electrons. The molecule has 1 aromatic heterocycles. The van der Waals surface area contributed by atoms with E-state index in [9.17, 15) is 9.59 Å². The van der Waals surface area contributed by atoms with Crippen LogP contribution in [0.4, 0.5) is 0 Å². The Hall–Kier alpha value is -2.24. The highest BCUT2D eigenvalue weighted by Gasteiger charge is 2.23. The third kappa shape index (κ3) is 3.57. The Morgan fingerprint density at radius 2 is 1.60 bits per heavy atom. The number of unbranched alkanes of at least 4 members (excludes halogenated alkanes) is 2. The number of hydrogen-bond acceptors (Lipinski definition) is 4. The van der Waals surface area contributed by atoms with Crippen molar-refractivity contribution in [1.29, 1.82) is 0 Å². The number of nitrogens with zero attached hydrogens (tertiary/aromatic N) is 2. The van der Waals surface area contributed by atoms with Gasteiger partial charge in [0.15, 0.2) is 11.5 Å². The average molecular weight is 348 g/mol. The zero-order valence-electron chi connectivity index (χ0n) is 16.0. The van der Waals surface area contributed by atoms with E-state index in [1.807, 2.05) is 20.8 Å². The molecule has 0 atom stereocenters. The van der Waals surface area contributed by atoms with Gasteiger partial charge in [-0.3, -0.25) is 13.9 Å². The van der Waals surface area contributed by atoms with E-state index in [-0.39, 0.29) is 11.2 Å². The lowest BCUT2D eigenvalue weighted by Crippen LogP contribution is -2.47. The summed E-state index contributed by atoms with van der Waals surface area (Å²) in [6.45, 7) is 8.26. The first kappa shape index (κ1) is 19.1. The molecule has 0 spiro atoms. The fourth-order valence-electron chi connectivity index (χ4n) is 3.02. The van der Waals surface area contributed by atoms with Crippen LogP contribution in [-0.4, -0.2) is 23.4 Å². The van der Waals surface area contributed by atoms with E-state index < -0.39 is 5.54 Å². The van der Waals surface area contributed by atoms with Crippen LogP contribution in [-0.2, 0) is 12.1 Å².